The van der Waals surface area contributed by atoms with Crippen LogP contribution in [0.15, 0.2) is 48.5 Å². The second kappa shape index (κ2) is 9.83. The number of carbonyl (C=O) groups is 2. The summed E-state index contributed by atoms with van der Waals surface area (Å²) in [6.45, 7) is 2.19. The monoisotopic (exact) mass is 372 g/mol. The summed E-state index contributed by atoms with van der Waals surface area (Å²) in [5, 5.41) is 4.47. The molecule has 5 nitrogen and oxygen atoms in total. The number of rotatable bonds is 8. The zero-order chi connectivity index (χ0) is 19.8. The Morgan fingerprint density at radius 1 is 1.11 bits per heavy atom. The van der Waals surface area contributed by atoms with Crippen molar-refractivity contribution in [2.45, 2.75) is 19.4 Å². The Morgan fingerprint density at radius 3 is 2.41 bits per heavy atom. The molecule has 144 valence electrons. The Kier molecular flexibility index (Phi) is 7.49. The fourth-order valence-electron chi connectivity index (χ4n) is 2.75. The van der Waals surface area contributed by atoms with Crippen LogP contribution in [-0.4, -0.2) is 43.9 Å². The first-order chi connectivity index (χ1) is 12.9. The molecule has 0 aromatic heterocycles. The third-order valence-corrected chi connectivity index (χ3v) is 4.43. The number of halogens is 1. The van der Waals surface area contributed by atoms with Crippen LogP contribution in [0.25, 0.3) is 0 Å². The van der Waals surface area contributed by atoms with Crippen LogP contribution >= 0.6 is 0 Å². The lowest BCUT2D eigenvalue weighted by Gasteiger charge is -2.17. The first-order valence-electron chi connectivity index (χ1n) is 9.05. The number of nitrogens with one attached hydrogen (secondary N) is 1. The fourth-order valence-corrected chi connectivity index (χ4v) is 2.75. The van der Waals surface area contributed by atoms with Gasteiger partial charge in [0.25, 0.3) is 5.91 Å². The minimum absolute atomic E-state index is 0.0322. The topological polar surface area (TPSA) is 66.0 Å². The number of amides is 2. The van der Waals surface area contributed by atoms with Crippen LogP contribution in [0.2, 0.25) is 0 Å². The van der Waals surface area contributed by atoms with Gasteiger partial charge in [-0.1, -0.05) is 43.3 Å². The molecule has 0 spiro atoms. The standard InChI is InChI=1S/C21H26FN3O2/c1-4-15-8-10-16(11-9-15)21(17-6-5-7-18(22)12-17)24-13-19(26)23-14-20(27)25(2)3/h5-12,21,24H,4,13-14H2,1-3H3,(H,23,26)/p+1/t21-/m1/s1. The molecule has 0 radical (unpaired) electrons. The summed E-state index contributed by atoms with van der Waals surface area (Å²) >= 11 is 0. The average molecular weight is 372 g/mol. The SMILES string of the molecule is CCc1ccc([C@@H]([NH2+]CC(=O)NCC(=O)N(C)C)c2cccc(F)c2)cc1. The Morgan fingerprint density at radius 2 is 1.81 bits per heavy atom. The summed E-state index contributed by atoms with van der Waals surface area (Å²) in [6, 6.07) is 14.3. The minimum Gasteiger partial charge on any atom is -0.347 e. The van der Waals surface area contributed by atoms with E-state index in [0.717, 1.165) is 17.5 Å². The minimum atomic E-state index is -0.308. The zero-order valence-corrected chi connectivity index (χ0v) is 16.0. The van der Waals surface area contributed by atoms with Crippen molar-refractivity contribution in [1.29, 1.82) is 0 Å². The Balaban J connectivity index is 2.10. The molecule has 3 N–H and O–H groups in total. The van der Waals surface area contributed by atoms with Gasteiger partial charge in [-0.25, -0.2) is 4.39 Å². The normalized spacial score (nSPS) is 11.7. The summed E-state index contributed by atoms with van der Waals surface area (Å²) < 4.78 is 13.7. The lowest BCUT2D eigenvalue weighted by Crippen LogP contribution is -2.87. The highest BCUT2D eigenvalue weighted by Crippen LogP contribution is 2.20. The van der Waals surface area contributed by atoms with Gasteiger partial charge in [-0.3, -0.25) is 9.59 Å². The van der Waals surface area contributed by atoms with Crippen molar-refractivity contribution in [3.63, 3.8) is 0 Å². The third-order valence-electron chi connectivity index (χ3n) is 4.43. The Bertz CT molecular complexity index is 775. The molecule has 0 heterocycles. The van der Waals surface area contributed by atoms with E-state index in [1.807, 2.05) is 35.6 Å². The molecule has 2 amide bonds. The van der Waals surface area contributed by atoms with E-state index in [2.05, 4.69) is 12.2 Å². The molecule has 0 saturated carbocycles. The van der Waals surface area contributed by atoms with Crippen LogP contribution < -0.4 is 10.6 Å². The van der Waals surface area contributed by atoms with E-state index in [4.69, 9.17) is 0 Å². The van der Waals surface area contributed by atoms with Crippen molar-refractivity contribution in [3.8, 4) is 0 Å². The van der Waals surface area contributed by atoms with Gasteiger partial charge in [-0.2, -0.15) is 0 Å². The summed E-state index contributed by atoms with van der Waals surface area (Å²) in [7, 11) is 3.28. The molecule has 0 bridgehead atoms. The maximum atomic E-state index is 13.7. The largest absolute Gasteiger partial charge is 0.347 e. The van der Waals surface area contributed by atoms with Crippen LogP contribution in [0, 0.1) is 5.82 Å². The number of nitrogens with two attached hydrogens (primary N) is 1. The maximum absolute atomic E-state index is 13.7. The van der Waals surface area contributed by atoms with E-state index in [1.165, 1.54) is 22.6 Å². The summed E-state index contributed by atoms with van der Waals surface area (Å²) in [4.78, 5) is 25.1. The van der Waals surface area contributed by atoms with E-state index in [-0.39, 0.29) is 36.8 Å². The van der Waals surface area contributed by atoms with E-state index in [0.29, 0.717) is 0 Å². The second-order valence-electron chi connectivity index (χ2n) is 6.63. The highest BCUT2D eigenvalue weighted by molar-refractivity contribution is 5.84. The molecular weight excluding hydrogens is 345 g/mol. The summed E-state index contributed by atoms with van der Waals surface area (Å²) in [5.74, 6) is -0.714. The van der Waals surface area contributed by atoms with Gasteiger partial charge in [-0.15, -0.1) is 0 Å². The molecular formula is C21H27FN3O2+. The van der Waals surface area contributed by atoms with E-state index in [1.54, 1.807) is 20.2 Å². The summed E-state index contributed by atoms with van der Waals surface area (Å²) in [5.41, 5.74) is 3.00. The summed E-state index contributed by atoms with van der Waals surface area (Å²) in [6.07, 6.45) is 0.941. The highest BCUT2D eigenvalue weighted by atomic mass is 19.1. The van der Waals surface area contributed by atoms with Crippen LogP contribution in [0.4, 0.5) is 4.39 Å². The first kappa shape index (κ1) is 20.6. The van der Waals surface area contributed by atoms with Gasteiger partial charge in [0.2, 0.25) is 5.91 Å². The van der Waals surface area contributed by atoms with Crippen molar-refractivity contribution in [1.82, 2.24) is 10.2 Å². The van der Waals surface area contributed by atoms with Crippen molar-refractivity contribution in [3.05, 3.63) is 71.0 Å². The number of aryl methyl sites for hydroxylation is 1. The van der Waals surface area contributed by atoms with Gasteiger partial charge in [0.05, 0.1) is 6.54 Å². The zero-order valence-electron chi connectivity index (χ0n) is 16.0. The van der Waals surface area contributed by atoms with Crippen LogP contribution in [-0.2, 0) is 16.0 Å². The molecule has 27 heavy (non-hydrogen) atoms. The lowest BCUT2D eigenvalue weighted by molar-refractivity contribution is -0.676. The Hall–Kier alpha value is -2.73. The lowest BCUT2D eigenvalue weighted by atomic mass is 9.97. The maximum Gasteiger partial charge on any atom is 0.275 e. The number of hydrogen-bond donors (Lipinski definition) is 2. The molecule has 2 aromatic rings. The molecule has 0 aliphatic rings. The quantitative estimate of drug-likeness (QED) is 0.732. The smallest absolute Gasteiger partial charge is 0.275 e. The van der Waals surface area contributed by atoms with Gasteiger partial charge >= 0.3 is 0 Å². The van der Waals surface area contributed by atoms with Crippen LogP contribution in [0.5, 0.6) is 0 Å². The number of likely N-dealkylation sites (N-methyl/N-ethyl adjacent to an activating group) is 1. The van der Waals surface area contributed by atoms with Gasteiger partial charge in [0.1, 0.15) is 11.9 Å². The third kappa shape index (κ3) is 6.18. The average Bonchev–Trinajstić information content (AvgIpc) is 2.66. The number of nitrogens with zero attached hydrogens (tertiary/aromatic N) is 1. The molecule has 2 aromatic carbocycles. The van der Waals surface area contributed by atoms with Crippen molar-refractivity contribution in [2.75, 3.05) is 27.2 Å². The Labute approximate surface area is 159 Å². The van der Waals surface area contributed by atoms with E-state index < -0.39 is 0 Å². The highest BCUT2D eigenvalue weighted by Gasteiger charge is 2.20. The van der Waals surface area contributed by atoms with Gasteiger partial charge in [-0.05, 0) is 24.1 Å². The molecule has 0 unspecified atom stereocenters. The first-order valence-corrected chi connectivity index (χ1v) is 9.05. The van der Waals surface area contributed by atoms with Crippen molar-refractivity contribution in [2.24, 2.45) is 0 Å². The predicted octanol–water partition coefficient (Wildman–Crippen LogP) is 1.25. The van der Waals surface area contributed by atoms with Gasteiger partial charge in [0, 0.05) is 25.2 Å². The number of hydrogen-bond acceptors (Lipinski definition) is 2. The number of carbonyl (C=O) groups excluding carboxylic acids is 2. The van der Waals surface area contributed by atoms with Crippen LogP contribution in [0.1, 0.15) is 29.7 Å². The molecule has 6 heteroatoms. The van der Waals surface area contributed by atoms with E-state index in [9.17, 15) is 14.0 Å². The van der Waals surface area contributed by atoms with Gasteiger partial charge in [0.15, 0.2) is 6.54 Å². The molecule has 2 rings (SSSR count). The van der Waals surface area contributed by atoms with E-state index >= 15 is 0 Å². The number of benzene rings is 2. The molecule has 0 fully saturated rings. The number of quaternary nitrogens is 1. The van der Waals surface area contributed by atoms with Crippen molar-refractivity contribution < 1.29 is 19.3 Å². The van der Waals surface area contributed by atoms with Crippen LogP contribution in [0.3, 0.4) is 0 Å². The molecule has 0 saturated heterocycles. The molecule has 0 aliphatic carbocycles. The van der Waals surface area contributed by atoms with Gasteiger partial charge < -0.3 is 15.5 Å². The molecule has 1 atom stereocenters. The molecule has 0 aliphatic heterocycles. The predicted molar refractivity (Wildman–Crippen MR) is 103 cm³/mol. The van der Waals surface area contributed by atoms with Crippen molar-refractivity contribution >= 4 is 11.8 Å². The second-order valence-corrected chi connectivity index (χ2v) is 6.63. The fraction of sp³-hybridized carbons (Fsp3) is 0.333.